The van der Waals surface area contributed by atoms with Crippen LogP contribution in [0.1, 0.15) is 30.0 Å². The first-order valence-corrected chi connectivity index (χ1v) is 11.7. The number of hydrogen-bond donors (Lipinski definition) is 1. The molecule has 0 aliphatic heterocycles. The molecule has 0 bridgehead atoms. The van der Waals surface area contributed by atoms with Crippen molar-refractivity contribution in [3.05, 3.63) is 127 Å². The van der Waals surface area contributed by atoms with E-state index in [0.717, 1.165) is 26.1 Å². The summed E-state index contributed by atoms with van der Waals surface area (Å²) in [6, 6.07) is 30.9. The standard InChI is InChI=1S/C29H30N4/c1-2-18-33(23-32-19-17-30-22-32)29(26-9-5-3-6-10-26,27-11-7-4-8-12-27)21-24-13-14-28-25(20-24)15-16-31-28/h3-17,19-20,22,31H,2,18,21,23H2,1H3. The Hall–Kier alpha value is -3.63. The number of fused-ring (bicyclic) bond motifs is 1. The van der Waals surface area contributed by atoms with E-state index in [1.807, 2.05) is 18.7 Å². The van der Waals surface area contributed by atoms with Gasteiger partial charge in [-0.1, -0.05) is 73.7 Å². The smallest absolute Gasteiger partial charge is 0.0956 e. The molecule has 0 saturated heterocycles. The topological polar surface area (TPSA) is 36.9 Å². The maximum absolute atomic E-state index is 4.31. The van der Waals surface area contributed by atoms with Crippen molar-refractivity contribution in [3.63, 3.8) is 0 Å². The predicted molar refractivity (Wildman–Crippen MR) is 135 cm³/mol. The van der Waals surface area contributed by atoms with Gasteiger partial charge in [-0.25, -0.2) is 4.98 Å². The third kappa shape index (κ3) is 4.22. The van der Waals surface area contributed by atoms with Crippen LogP contribution in [-0.4, -0.2) is 26.0 Å². The highest BCUT2D eigenvalue weighted by atomic mass is 15.3. The van der Waals surface area contributed by atoms with Crippen molar-refractivity contribution < 1.29 is 0 Å². The number of aromatic amines is 1. The van der Waals surface area contributed by atoms with E-state index in [0.29, 0.717) is 0 Å². The van der Waals surface area contributed by atoms with Crippen LogP contribution in [0, 0.1) is 0 Å². The molecule has 33 heavy (non-hydrogen) atoms. The molecule has 0 fully saturated rings. The van der Waals surface area contributed by atoms with Crippen LogP contribution < -0.4 is 0 Å². The second-order valence-electron chi connectivity index (χ2n) is 8.65. The van der Waals surface area contributed by atoms with Gasteiger partial charge in [0.1, 0.15) is 0 Å². The SMILES string of the molecule is CCCN(Cn1ccnc1)C(Cc1ccc2[nH]ccc2c1)(c1ccccc1)c1ccccc1. The number of aromatic nitrogens is 3. The predicted octanol–water partition coefficient (Wildman–Crippen LogP) is 6.22. The van der Waals surface area contributed by atoms with Crippen molar-refractivity contribution in [3.8, 4) is 0 Å². The molecule has 2 aromatic heterocycles. The van der Waals surface area contributed by atoms with Crippen LogP contribution in [0.5, 0.6) is 0 Å². The van der Waals surface area contributed by atoms with Crippen LogP contribution in [0.15, 0.2) is 110 Å². The molecule has 0 aliphatic rings. The molecule has 4 heteroatoms. The summed E-state index contributed by atoms with van der Waals surface area (Å²) in [5.41, 5.74) is 4.78. The number of nitrogens with zero attached hydrogens (tertiary/aromatic N) is 3. The van der Waals surface area contributed by atoms with Crippen molar-refractivity contribution in [2.24, 2.45) is 0 Å². The molecule has 5 aromatic rings. The lowest BCUT2D eigenvalue weighted by molar-refractivity contribution is 0.0832. The van der Waals surface area contributed by atoms with Crippen molar-refractivity contribution >= 4 is 10.9 Å². The number of imidazole rings is 1. The van der Waals surface area contributed by atoms with E-state index in [1.165, 1.54) is 27.6 Å². The van der Waals surface area contributed by atoms with Crippen LogP contribution in [0.2, 0.25) is 0 Å². The fourth-order valence-electron chi connectivity index (χ4n) is 5.00. The molecule has 0 aliphatic carbocycles. The van der Waals surface area contributed by atoms with Crippen molar-refractivity contribution in [1.29, 1.82) is 0 Å². The molecule has 0 spiro atoms. The van der Waals surface area contributed by atoms with Gasteiger partial charge in [0.2, 0.25) is 0 Å². The molecule has 166 valence electrons. The van der Waals surface area contributed by atoms with Gasteiger partial charge in [0.15, 0.2) is 0 Å². The Kier molecular flexibility index (Phi) is 6.09. The molecule has 3 aromatic carbocycles. The van der Waals surface area contributed by atoms with E-state index in [4.69, 9.17) is 0 Å². The minimum absolute atomic E-state index is 0.327. The Bertz CT molecular complexity index is 1230. The normalized spacial score (nSPS) is 11.9. The second-order valence-corrected chi connectivity index (χ2v) is 8.65. The molecule has 0 atom stereocenters. The van der Waals surface area contributed by atoms with E-state index in [9.17, 15) is 0 Å². The molecule has 0 unspecified atom stereocenters. The molecular weight excluding hydrogens is 404 g/mol. The number of nitrogens with one attached hydrogen (secondary N) is 1. The lowest BCUT2D eigenvalue weighted by Crippen LogP contribution is -2.49. The van der Waals surface area contributed by atoms with Crippen molar-refractivity contribution in [2.45, 2.75) is 32.0 Å². The zero-order valence-corrected chi connectivity index (χ0v) is 19.1. The van der Waals surface area contributed by atoms with Gasteiger partial charge >= 0.3 is 0 Å². The van der Waals surface area contributed by atoms with E-state index in [1.54, 1.807) is 0 Å². The quantitative estimate of drug-likeness (QED) is 0.299. The summed E-state index contributed by atoms with van der Waals surface area (Å²) < 4.78 is 2.17. The zero-order chi connectivity index (χ0) is 22.5. The monoisotopic (exact) mass is 434 g/mol. The Labute approximate surface area is 195 Å². The first-order chi connectivity index (χ1) is 16.3. The van der Waals surface area contributed by atoms with Crippen molar-refractivity contribution in [1.82, 2.24) is 19.4 Å². The Balaban J connectivity index is 1.71. The molecule has 0 radical (unpaired) electrons. The van der Waals surface area contributed by atoms with Gasteiger partial charge in [0.05, 0.1) is 18.5 Å². The number of benzene rings is 3. The fourth-order valence-corrected chi connectivity index (χ4v) is 5.00. The zero-order valence-electron chi connectivity index (χ0n) is 19.1. The highest BCUT2D eigenvalue weighted by Gasteiger charge is 2.40. The molecule has 2 heterocycles. The molecule has 5 rings (SSSR count). The number of rotatable bonds is 9. The third-order valence-electron chi connectivity index (χ3n) is 6.51. The molecule has 1 N–H and O–H groups in total. The van der Waals surface area contributed by atoms with Crippen LogP contribution in [-0.2, 0) is 18.6 Å². The maximum atomic E-state index is 4.31. The van der Waals surface area contributed by atoms with Crippen LogP contribution in [0.25, 0.3) is 10.9 Å². The summed E-state index contributed by atoms with van der Waals surface area (Å²) in [7, 11) is 0. The van der Waals surface area contributed by atoms with Gasteiger partial charge in [-0.05, 0) is 53.1 Å². The second kappa shape index (κ2) is 9.47. The molecule has 4 nitrogen and oxygen atoms in total. The molecular formula is C29H30N4. The Morgan fingerprint density at radius 3 is 2.27 bits per heavy atom. The number of hydrogen-bond acceptors (Lipinski definition) is 2. The average molecular weight is 435 g/mol. The summed E-state index contributed by atoms with van der Waals surface area (Å²) in [4.78, 5) is 10.2. The first kappa shape index (κ1) is 21.2. The van der Waals surface area contributed by atoms with Gasteiger partial charge < -0.3 is 9.55 Å². The van der Waals surface area contributed by atoms with Gasteiger partial charge in [0.25, 0.3) is 0 Å². The lowest BCUT2D eigenvalue weighted by atomic mass is 9.76. The highest BCUT2D eigenvalue weighted by Crippen LogP contribution is 2.40. The summed E-state index contributed by atoms with van der Waals surface area (Å²) >= 11 is 0. The van der Waals surface area contributed by atoms with Gasteiger partial charge in [0, 0.05) is 30.7 Å². The van der Waals surface area contributed by atoms with E-state index >= 15 is 0 Å². The van der Waals surface area contributed by atoms with E-state index in [-0.39, 0.29) is 5.54 Å². The van der Waals surface area contributed by atoms with E-state index < -0.39 is 0 Å². The summed E-state index contributed by atoms with van der Waals surface area (Å²) in [5.74, 6) is 0. The average Bonchev–Trinajstić information content (AvgIpc) is 3.55. The van der Waals surface area contributed by atoms with Crippen LogP contribution in [0.4, 0.5) is 0 Å². The van der Waals surface area contributed by atoms with Crippen LogP contribution >= 0.6 is 0 Å². The number of H-pyrrole nitrogens is 1. The van der Waals surface area contributed by atoms with Crippen LogP contribution in [0.3, 0.4) is 0 Å². The van der Waals surface area contributed by atoms with Crippen molar-refractivity contribution in [2.75, 3.05) is 6.54 Å². The third-order valence-corrected chi connectivity index (χ3v) is 6.51. The maximum Gasteiger partial charge on any atom is 0.0956 e. The Morgan fingerprint density at radius 2 is 1.64 bits per heavy atom. The summed E-state index contributed by atoms with van der Waals surface area (Å²) in [6.45, 7) is 3.99. The van der Waals surface area contributed by atoms with Gasteiger partial charge in [-0.15, -0.1) is 0 Å². The Morgan fingerprint density at radius 1 is 0.909 bits per heavy atom. The fraction of sp³-hybridized carbons (Fsp3) is 0.207. The summed E-state index contributed by atoms with van der Waals surface area (Å²) in [5, 5.41) is 1.25. The lowest BCUT2D eigenvalue weighted by Gasteiger charge is -2.45. The minimum atomic E-state index is -0.327. The highest BCUT2D eigenvalue weighted by molar-refractivity contribution is 5.80. The molecule has 0 saturated carbocycles. The molecule has 0 amide bonds. The van der Waals surface area contributed by atoms with E-state index in [2.05, 4.69) is 117 Å². The van der Waals surface area contributed by atoms with Gasteiger partial charge in [-0.3, -0.25) is 4.90 Å². The minimum Gasteiger partial charge on any atom is -0.361 e. The summed E-state index contributed by atoms with van der Waals surface area (Å²) in [6.07, 6.45) is 9.77. The largest absolute Gasteiger partial charge is 0.361 e. The van der Waals surface area contributed by atoms with Gasteiger partial charge in [-0.2, -0.15) is 0 Å². The first-order valence-electron chi connectivity index (χ1n) is 11.7.